The fourth-order valence-corrected chi connectivity index (χ4v) is 2.37. The summed E-state index contributed by atoms with van der Waals surface area (Å²) < 4.78 is 12.7. The third-order valence-corrected chi connectivity index (χ3v) is 3.17. The van der Waals surface area contributed by atoms with Crippen LogP contribution in [-0.4, -0.2) is 4.98 Å². The Kier molecular flexibility index (Phi) is 1.42. The Labute approximate surface area is 98.9 Å². The van der Waals surface area contributed by atoms with Crippen LogP contribution in [0.1, 0.15) is 1.37 Å². The molecule has 0 aliphatic heterocycles. The lowest BCUT2D eigenvalue weighted by Crippen LogP contribution is -1.78. The molecule has 2 heteroatoms. The Morgan fingerprint density at radius 1 is 0.882 bits per heavy atom. The van der Waals surface area contributed by atoms with E-state index >= 15 is 0 Å². The highest BCUT2D eigenvalue weighted by atomic mass is 16.3. The molecule has 0 radical (unpaired) electrons. The van der Waals surface area contributed by atoms with Gasteiger partial charge in [-0.15, -0.1) is 0 Å². The van der Waals surface area contributed by atoms with Crippen LogP contribution >= 0.6 is 0 Å². The van der Waals surface area contributed by atoms with Crippen molar-refractivity contribution in [1.82, 2.24) is 4.98 Å². The lowest BCUT2D eigenvalue weighted by atomic mass is 10.0. The summed E-state index contributed by atoms with van der Waals surface area (Å²) >= 11 is 0. The van der Waals surface area contributed by atoms with Gasteiger partial charge >= 0.3 is 0 Å². The molecule has 3 aromatic carbocycles. The van der Waals surface area contributed by atoms with Crippen LogP contribution in [0, 0.1) is 0 Å². The molecule has 0 aliphatic carbocycles. The number of hydrogen-bond acceptors (Lipinski definition) is 2. The van der Waals surface area contributed by atoms with Crippen LogP contribution in [0.5, 0.6) is 0 Å². The summed E-state index contributed by atoms with van der Waals surface area (Å²) in [4.78, 5) is 4.15. The van der Waals surface area contributed by atoms with Gasteiger partial charge in [-0.1, -0.05) is 36.4 Å². The Bertz CT molecular complexity index is 895. The minimum absolute atomic E-state index is 0.0364. The van der Waals surface area contributed by atoms with E-state index in [9.17, 15) is 0 Å². The van der Waals surface area contributed by atoms with E-state index in [1.807, 2.05) is 30.3 Å². The molecule has 4 rings (SSSR count). The van der Waals surface area contributed by atoms with E-state index in [4.69, 9.17) is 5.79 Å². The maximum absolute atomic E-state index is 7.48. The van der Waals surface area contributed by atoms with E-state index in [-0.39, 0.29) is 6.37 Å². The van der Waals surface area contributed by atoms with Gasteiger partial charge in [0.05, 0.1) is 0 Å². The van der Waals surface area contributed by atoms with Gasteiger partial charge in [0.25, 0.3) is 0 Å². The highest BCUT2D eigenvalue weighted by Crippen LogP contribution is 2.30. The Hall–Kier alpha value is -2.35. The highest BCUT2D eigenvalue weighted by Gasteiger charge is 2.06. The van der Waals surface area contributed by atoms with Crippen molar-refractivity contribution in [1.29, 1.82) is 0 Å². The molecule has 0 saturated heterocycles. The van der Waals surface area contributed by atoms with E-state index in [1.165, 1.54) is 10.8 Å². The minimum Gasteiger partial charge on any atom is -0.443 e. The monoisotopic (exact) mass is 220 g/mol. The summed E-state index contributed by atoms with van der Waals surface area (Å²) in [6.07, 6.45) is -0.0364. The van der Waals surface area contributed by atoms with E-state index in [0.717, 1.165) is 16.3 Å². The van der Waals surface area contributed by atoms with Gasteiger partial charge in [0.2, 0.25) is 0 Å². The van der Waals surface area contributed by atoms with Gasteiger partial charge in [-0.3, -0.25) is 0 Å². The molecule has 4 aromatic rings. The Morgan fingerprint density at radius 2 is 1.76 bits per heavy atom. The smallest absolute Gasteiger partial charge is 0.182 e. The normalized spacial score (nSPS) is 12.4. The largest absolute Gasteiger partial charge is 0.443 e. The topological polar surface area (TPSA) is 26.0 Å². The molecule has 0 atom stereocenters. The molecule has 80 valence electrons. The van der Waals surface area contributed by atoms with Gasteiger partial charge in [0, 0.05) is 5.39 Å². The van der Waals surface area contributed by atoms with Crippen LogP contribution in [0.4, 0.5) is 0 Å². The van der Waals surface area contributed by atoms with Crippen LogP contribution in [0.15, 0.2) is 59.3 Å². The first kappa shape index (κ1) is 7.85. The number of hydrogen-bond donors (Lipinski definition) is 0. The second kappa shape index (κ2) is 3.08. The second-order valence-corrected chi connectivity index (χ2v) is 4.10. The van der Waals surface area contributed by atoms with Crippen LogP contribution in [0.3, 0.4) is 0 Å². The van der Waals surface area contributed by atoms with E-state index < -0.39 is 0 Å². The molecule has 17 heavy (non-hydrogen) atoms. The second-order valence-electron chi connectivity index (χ2n) is 4.10. The van der Waals surface area contributed by atoms with Crippen molar-refractivity contribution in [3.63, 3.8) is 0 Å². The number of fused-ring (bicyclic) bond motifs is 5. The lowest BCUT2D eigenvalue weighted by Gasteiger charge is -2.03. The van der Waals surface area contributed by atoms with Crippen LogP contribution in [-0.2, 0) is 0 Å². The summed E-state index contributed by atoms with van der Waals surface area (Å²) in [6.45, 7) is 0. The van der Waals surface area contributed by atoms with E-state index in [2.05, 4.69) is 23.2 Å². The molecular formula is C15H9NO. The summed E-state index contributed by atoms with van der Waals surface area (Å²) in [5, 5.41) is 4.59. The minimum atomic E-state index is -0.0364. The van der Waals surface area contributed by atoms with Crippen molar-refractivity contribution >= 4 is 32.6 Å². The Morgan fingerprint density at radius 3 is 2.76 bits per heavy atom. The summed E-state index contributed by atoms with van der Waals surface area (Å²) in [6, 6.07) is 16.3. The number of aromatic nitrogens is 1. The van der Waals surface area contributed by atoms with Crippen molar-refractivity contribution in [2.75, 3.05) is 0 Å². The maximum Gasteiger partial charge on any atom is 0.182 e. The summed E-state index contributed by atoms with van der Waals surface area (Å²) in [7, 11) is 0. The molecule has 2 nitrogen and oxygen atoms in total. The predicted molar refractivity (Wildman–Crippen MR) is 69.0 cm³/mol. The SMILES string of the molecule is [2H]c1nc2c(ccc3c4ccccc4ccc32)o1. The van der Waals surface area contributed by atoms with Gasteiger partial charge in [0.1, 0.15) is 6.89 Å². The molecule has 0 bridgehead atoms. The molecule has 0 amide bonds. The van der Waals surface area contributed by atoms with Gasteiger partial charge in [-0.2, -0.15) is 0 Å². The zero-order valence-corrected chi connectivity index (χ0v) is 8.97. The van der Waals surface area contributed by atoms with Crippen molar-refractivity contribution in [3.05, 3.63) is 54.9 Å². The number of nitrogens with zero attached hydrogens (tertiary/aromatic N) is 1. The molecule has 0 fully saturated rings. The standard InChI is InChI=1S/C15H9NO/c1-2-4-11-10(3-1)5-6-13-12(11)7-8-14-15(13)16-9-17-14/h1-9H/i9D. The fourth-order valence-electron chi connectivity index (χ4n) is 2.37. The first-order chi connectivity index (χ1) is 8.83. The number of benzene rings is 3. The highest BCUT2D eigenvalue weighted by molar-refractivity contribution is 6.15. The summed E-state index contributed by atoms with van der Waals surface area (Å²) in [5.41, 5.74) is 1.44. The van der Waals surface area contributed by atoms with Crippen LogP contribution in [0.25, 0.3) is 32.6 Å². The molecule has 0 saturated carbocycles. The van der Waals surface area contributed by atoms with Crippen molar-refractivity contribution < 1.29 is 5.79 Å². The molecule has 1 aromatic heterocycles. The molecule has 0 unspecified atom stereocenters. The van der Waals surface area contributed by atoms with Crippen LogP contribution in [0.2, 0.25) is 0 Å². The van der Waals surface area contributed by atoms with Crippen molar-refractivity contribution in [2.45, 2.75) is 0 Å². The van der Waals surface area contributed by atoms with Gasteiger partial charge in [-0.05, 0) is 28.3 Å². The van der Waals surface area contributed by atoms with E-state index in [1.54, 1.807) is 0 Å². The number of oxazole rings is 1. The molecule has 0 aliphatic rings. The predicted octanol–water partition coefficient (Wildman–Crippen LogP) is 4.13. The molecule has 0 N–H and O–H groups in total. The van der Waals surface area contributed by atoms with Gasteiger partial charge in [0.15, 0.2) is 12.0 Å². The van der Waals surface area contributed by atoms with Crippen molar-refractivity contribution in [2.24, 2.45) is 0 Å². The number of rotatable bonds is 0. The Balaban J connectivity index is 2.30. The zero-order chi connectivity index (χ0) is 12.1. The maximum atomic E-state index is 7.48. The third-order valence-electron chi connectivity index (χ3n) is 3.17. The van der Waals surface area contributed by atoms with E-state index in [0.29, 0.717) is 5.58 Å². The van der Waals surface area contributed by atoms with Gasteiger partial charge < -0.3 is 4.42 Å². The average Bonchev–Trinajstić information content (AvgIpc) is 2.79. The molecule has 0 spiro atoms. The van der Waals surface area contributed by atoms with Gasteiger partial charge in [-0.25, -0.2) is 4.98 Å². The van der Waals surface area contributed by atoms with Crippen LogP contribution < -0.4 is 0 Å². The third kappa shape index (κ3) is 1.12. The molecule has 1 heterocycles. The first-order valence-electron chi connectivity index (χ1n) is 6.00. The first-order valence-corrected chi connectivity index (χ1v) is 5.50. The van der Waals surface area contributed by atoms with Crippen molar-refractivity contribution in [3.8, 4) is 0 Å². The lowest BCUT2D eigenvalue weighted by molar-refractivity contribution is 0.602. The molecular weight excluding hydrogens is 210 g/mol. The fraction of sp³-hybridized carbons (Fsp3) is 0. The quantitative estimate of drug-likeness (QED) is 0.416. The average molecular weight is 220 g/mol. The summed E-state index contributed by atoms with van der Waals surface area (Å²) in [5.74, 6) is 0. The zero-order valence-electron chi connectivity index (χ0n) is 9.97.